The van der Waals surface area contributed by atoms with Crippen molar-refractivity contribution in [2.75, 3.05) is 13.2 Å². The van der Waals surface area contributed by atoms with Gasteiger partial charge in [-0.15, -0.1) is 0 Å². The van der Waals surface area contributed by atoms with Crippen LogP contribution in [0.5, 0.6) is 11.5 Å². The molecule has 4 aromatic rings. The summed E-state index contributed by atoms with van der Waals surface area (Å²) in [5, 5.41) is 18.7. The molecule has 2 atom stereocenters. The molecule has 0 aliphatic carbocycles. The average molecular weight is 579 g/mol. The summed E-state index contributed by atoms with van der Waals surface area (Å²) in [5.74, 6) is 1.56. The molecule has 0 aromatic heterocycles. The van der Waals surface area contributed by atoms with Crippen LogP contribution >= 0.6 is 0 Å². The van der Waals surface area contributed by atoms with E-state index in [4.69, 9.17) is 4.74 Å². The number of ketones is 2. The molecule has 5 nitrogen and oxygen atoms in total. The Bertz CT molecular complexity index is 1370. The highest BCUT2D eigenvalue weighted by atomic mass is 16.5. The molecule has 2 N–H and O–H groups in total. The van der Waals surface area contributed by atoms with E-state index in [1.807, 2.05) is 86.6 Å². The monoisotopic (exact) mass is 578 g/mol. The van der Waals surface area contributed by atoms with E-state index < -0.39 is 0 Å². The highest BCUT2D eigenvalue weighted by Crippen LogP contribution is 2.33. The lowest BCUT2D eigenvalue weighted by atomic mass is 9.96. The molecule has 0 saturated heterocycles. The van der Waals surface area contributed by atoms with Gasteiger partial charge in [-0.1, -0.05) is 74.5 Å². The number of aliphatic hydroxyl groups is 2. The fraction of sp³-hybridized carbons (Fsp3) is 0.316. The fourth-order valence-corrected chi connectivity index (χ4v) is 4.96. The zero-order valence-corrected chi connectivity index (χ0v) is 25.2. The van der Waals surface area contributed by atoms with E-state index in [1.54, 1.807) is 0 Å². The molecule has 0 amide bonds. The Kier molecular flexibility index (Phi) is 11.8. The third-order valence-corrected chi connectivity index (χ3v) is 7.81. The summed E-state index contributed by atoms with van der Waals surface area (Å²) in [6.45, 7) is 4.01. The van der Waals surface area contributed by atoms with Gasteiger partial charge in [-0.3, -0.25) is 9.59 Å². The van der Waals surface area contributed by atoms with Crippen LogP contribution in [0.25, 0.3) is 0 Å². The van der Waals surface area contributed by atoms with Crippen LogP contribution < -0.4 is 4.74 Å². The predicted octanol–water partition coefficient (Wildman–Crippen LogP) is 7.84. The Morgan fingerprint density at radius 2 is 1.00 bits per heavy atom. The first-order valence-electron chi connectivity index (χ1n) is 15.2. The SMILES string of the molecule is CC(CO)CCC(=O)c1ccc(Oc2ccc(C(=O)CCC(C)CO)cc2Cc2ccccc2)c(Cc2ccccc2)c1. The minimum Gasteiger partial charge on any atom is -0.457 e. The Hall–Kier alpha value is -4.06. The van der Waals surface area contributed by atoms with Crippen LogP contribution in [0.4, 0.5) is 0 Å². The van der Waals surface area contributed by atoms with Gasteiger partial charge in [0.25, 0.3) is 0 Å². The van der Waals surface area contributed by atoms with Gasteiger partial charge in [-0.25, -0.2) is 0 Å². The molecule has 0 fully saturated rings. The molecule has 2 unspecified atom stereocenters. The average Bonchev–Trinajstić information content (AvgIpc) is 3.04. The first-order valence-corrected chi connectivity index (χ1v) is 15.2. The van der Waals surface area contributed by atoms with Gasteiger partial charge >= 0.3 is 0 Å². The second-order valence-electron chi connectivity index (χ2n) is 11.6. The summed E-state index contributed by atoms with van der Waals surface area (Å²) in [6, 6.07) is 31.4. The van der Waals surface area contributed by atoms with Gasteiger partial charge in [-0.05, 0) is 83.3 Å². The van der Waals surface area contributed by atoms with Crippen LogP contribution in [0.1, 0.15) is 82.5 Å². The van der Waals surface area contributed by atoms with Crippen LogP contribution in [-0.4, -0.2) is 35.0 Å². The summed E-state index contributed by atoms with van der Waals surface area (Å²) in [4.78, 5) is 26.1. The highest BCUT2D eigenvalue weighted by Gasteiger charge is 2.17. The van der Waals surface area contributed by atoms with Crippen LogP contribution in [0.15, 0.2) is 97.1 Å². The molecular formula is C38H42O5. The van der Waals surface area contributed by atoms with Crippen molar-refractivity contribution in [3.8, 4) is 11.5 Å². The molecule has 43 heavy (non-hydrogen) atoms. The molecule has 0 saturated carbocycles. The maximum absolute atomic E-state index is 13.0. The molecule has 0 radical (unpaired) electrons. The lowest BCUT2D eigenvalue weighted by molar-refractivity contribution is 0.0960. The van der Waals surface area contributed by atoms with Crippen molar-refractivity contribution >= 4 is 11.6 Å². The molecule has 224 valence electrons. The van der Waals surface area contributed by atoms with Crippen LogP contribution in [0, 0.1) is 11.8 Å². The summed E-state index contributed by atoms with van der Waals surface area (Å²) in [6.07, 6.45) is 3.21. The number of aliphatic hydroxyl groups excluding tert-OH is 2. The third-order valence-electron chi connectivity index (χ3n) is 7.81. The van der Waals surface area contributed by atoms with E-state index in [0.29, 0.717) is 61.2 Å². The molecule has 0 bridgehead atoms. The Morgan fingerprint density at radius 1 is 0.605 bits per heavy atom. The van der Waals surface area contributed by atoms with Crippen LogP contribution in [0.3, 0.4) is 0 Å². The van der Waals surface area contributed by atoms with Crippen molar-refractivity contribution in [3.63, 3.8) is 0 Å². The van der Waals surface area contributed by atoms with Gasteiger partial charge in [-0.2, -0.15) is 0 Å². The number of ether oxygens (including phenoxy) is 1. The van der Waals surface area contributed by atoms with Crippen molar-refractivity contribution in [2.24, 2.45) is 11.8 Å². The smallest absolute Gasteiger partial charge is 0.162 e. The summed E-state index contributed by atoms with van der Waals surface area (Å²) in [5.41, 5.74) is 5.27. The van der Waals surface area contributed by atoms with Crippen LogP contribution in [0.2, 0.25) is 0 Å². The normalized spacial score (nSPS) is 12.5. The van der Waals surface area contributed by atoms with Crippen molar-refractivity contribution in [1.29, 1.82) is 0 Å². The van der Waals surface area contributed by atoms with E-state index in [9.17, 15) is 19.8 Å². The zero-order valence-electron chi connectivity index (χ0n) is 25.2. The summed E-state index contributed by atoms with van der Waals surface area (Å²) in [7, 11) is 0. The van der Waals surface area contributed by atoms with E-state index in [0.717, 1.165) is 22.3 Å². The molecule has 4 aromatic carbocycles. The summed E-state index contributed by atoms with van der Waals surface area (Å²) >= 11 is 0. The Labute approximate surface area is 255 Å². The maximum Gasteiger partial charge on any atom is 0.162 e. The van der Waals surface area contributed by atoms with E-state index in [1.165, 1.54) is 0 Å². The Morgan fingerprint density at radius 3 is 1.37 bits per heavy atom. The van der Waals surface area contributed by atoms with Gasteiger partial charge in [0.1, 0.15) is 11.5 Å². The highest BCUT2D eigenvalue weighted by molar-refractivity contribution is 5.97. The first-order chi connectivity index (χ1) is 20.9. The van der Waals surface area contributed by atoms with E-state index >= 15 is 0 Å². The predicted molar refractivity (Wildman–Crippen MR) is 171 cm³/mol. The number of carbonyl (C=O) groups is 2. The van der Waals surface area contributed by atoms with Gasteiger partial charge in [0.15, 0.2) is 11.6 Å². The quantitative estimate of drug-likeness (QED) is 0.132. The standard InChI is InChI=1S/C38H42O5/c1-27(25-39)13-17-35(41)31-15-19-37(33(23-31)21-29-9-5-3-6-10-29)43-38-20-16-32(36(42)18-14-28(2)26-40)24-34(38)22-30-11-7-4-8-12-30/h3-12,15-16,19-20,23-24,27-28,39-40H,13-14,17-18,21-22,25-26H2,1-2H3. The molecule has 4 rings (SSSR count). The second kappa shape index (κ2) is 16.0. The molecule has 0 spiro atoms. The molecule has 0 aliphatic rings. The zero-order chi connectivity index (χ0) is 30.6. The lowest BCUT2D eigenvalue weighted by Gasteiger charge is -2.17. The minimum absolute atomic E-state index is 0.0457. The van der Waals surface area contributed by atoms with Crippen molar-refractivity contribution in [3.05, 3.63) is 130 Å². The molecule has 0 aliphatic heterocycles. The minimum atomic E-state index is 0.0457. The third kappa shape index (κ3) is 9.47. The lowest BCUT2D eigenvalue weighted by Crippen LogP contribution is -2.07. The first kappa shape index (κ1) is 31.9. The maximum atomic E-state index is 13.0. The van der Waals surface area contributed by atoms with E-state index in [2.05, 4.69) is 24.3 Å². The van der Waals surface area contributed by atoms with Gasteiger partial charge in [0, 0.05) is 50.0 Å². The van der Waals surface area contributed by atoms with Gasteiger partial charge in [0.05, 0.1) is 0 Å². The van der Waals surface area contributed by atoms with Crippen LogP contribution in [-0.2, 0) is 12.8 Å². The second-order valence-corrected chi connectivity index (χ2v) is 11.6. The molecular weight excluding hydrogens is 536 g/mol. The largest absolute Gasteiger partial charge is 0.457 e. The number of rotatable bonds is 16. The number of Topliss-reactive ketones (excluding diaryl/α,β-unsaturated/α-hetero) is 2. The Balaban J connectivity index is 1.67. The van der Waals surface area contributed by atoms with E-state index in [-0.39, 0.29) is 36.6 Å². The van der Waals surface area contributed by atoms with Gasteiger partial charge in [0.2, 0.25) is 0 Å². The number of hydrogen-bond donors (Lipinski definition) is 2. The van der Waals surface area contributed by atoms with Crippen molar-refractivity contribution < 1.29 is 24.5 Å². The molecule has 0 heterocycles. The topological polar surface area (TPSA) is 83.8 Å². The molecule has 5 heteroatoms. The number of hydrogen-bond acceptors (Lipinski definition) is 5. The number of carbonyl (C=O) groups excluding carboxylic acids is 2. The fourth-order valence-electron chi connectivity index (χ4n) is 4.96. The van der Waals surface area contributed by atoms with Gasteiger partial charge < -0.3 is 14.9 Å². The van der Waals surface area contributed by atoms with Crippen molar-refractivity contribution in [1.82, 2.24) is 0 Å². The number of benzene rings is 4. The summed E-state index contributed by atoms with van der Waals surface area (Å²) < 4.78 is 6.60. The van der Waals surface area contributed by atoms with Crippen molar-refractivity contribution in [2.45, 2.75) is 52.4 Å².